The lowest BCUT2D eigenvalue weighted by atomic mass is 10.2. The molecule has 92 valence electrons. The molecular weight excluding hydrogens is 228 g/mol. The molecule has 0 saturated heterocycles. The number of carbonyl (C=O) groups excluding carboxylic acids is 1. The summed E-state index contributed by atoms with van der Waals surface area (Å²) in [4.78, 5) is 20.0. The number of aromatic nitrogens is 2. The molecule has 0 aliphatic rings. The van der Waals surface area contributed by atoms with Gasteiger partial charge in [0, 0.05) is 6.20 Å². The van der Waals surface area contributed by atoms with E-state index in [-0.39, 0.29) is 11.9 Å². The highest BCUT2D eigenvalue weighted by atomic mass is 16.1. The highest BCUT2D eigenvalue weighted by Gasteiger charge is 2.12. The first kappa shape index (κ1) is 12.0. The normalized spacial score (nSPS) is 11.8. The Balaban J connectivity index is 2.06. The van der Waals surface area contributed by atoms with Gasteiger partial charge < -0.3 is 11.1 Å². The standard InChI is InChI=1S/C13H14N4O/c1-9(11-4-2-3-7-15-11)17-13(18)12-6-5-10(14)8-16-12/h2-9H,14H2,1H3,(H,17,18). The minimum atomic E-state index is -0.242. The van der Waals surface area contributed by atoms with Crippen LogP contribution in [0.3, 0.4) is 0 Å². The fraction of sp³-hybridized carbons (Fsp3) is 0.154. The van der Waals surface area contributed by atoms with Gasteiger partial charge in [0.25, 0.3) is 5.91 Å². The minimum Gasteiger partial charge on any atom is -0.397 e. The molecule has 0 fully saturated rings. The molecule has 5 heteroatoms. The van der Waals surface area contributed by atoms with E-state index in [1.165, 1.54) is 6.20 Å². The second-order valence-electron chi connectivity index (χ2n) is 3.93. The maximum absolute atomic E-state index is 11.9. The third-order valence-electron chi connectivity index (χ3n) is 2.50. The summed E-state index contributed by atoms with van der Waals surface area (Å²) in [7, 11) is 0. The monoisotopic (exact) mass is 242 g/mol. The highest BCUT2D eigenvalue weighted by molar-refractivity contribution is 5.92. The van der Waals surface area contributed by atoms with Gasteiger partial charge in [0.1, 0.15) is 5.69 Å². The van der Waals surface area contributed by atoms with Crippen LogP contribution in [0.4, 0.5) is 5.69 Å². The summed E-state index contributed by atoms with van der Waals surface area (Å²) >= 11 is 0. The van der Waals surface area contributed by atoms with E-state index >= 15 is 0 Å². The number of nitrogens with one attached hydrogen (secondary N) is 1. The van der Waals surface area contributed by atoms with Crippen LogP contribution in [0, 0.1) is 0 Å². The van der Waals surface area contributed by atoms with E-state index in [4.69, 9.17) is 5.73 Å². The summed E-state index contributed by atoms with van der Waals surface area (Å²) < 4.78 is 0. The lowest BCUT2D eigenvalue weighted by Crippen LogP contribution is -2.27. The fourth-order valence-corrected chi connectivity index (χ4v) is 1.52. The van der Waals surface area contributed by atoms with E-state index in [2.05, 4.69) is 15.3 Å². The van der Waals surface area contributed by atoms with Gasteiger partial charge in [-0.3, -0.25) is 9.78 Å². The number of carbonyl (C=O) groups is 1. The van der Waals surface area contributed by atoms with Gasteiger partial charge in [0.05, 0.1) is 23.6 Å². The van der Waals surface area contributed by atoms with Crippen LogP contribution in [-0.2, 0) is 0 Å². The molecule has 18 heavy (non-hydrogen) atoms. The Morgan fingerprint density at radius 2 is 2.11 bits per heavy atom. The topological polar surface area (TPSA) is 80.9 Å². The number of nitrogen functional groups attached to an aromatic ring is 1. The van der Waals surface area contributed by atoms with Gasteiger partial charge >= 0.3 is 0 Å². The number of anilines is 1. The highest BCUT2D eigenvalue weighted by Crippen LogP contribution is 2.09. The van der Waals surface area contributed by atoms with Crippen molar-refractivity contribution >= 4 is 11.6 Å². The van der Waals surface area contributed by atoms with Gasteiger partial charge in [0.15, 0.2) is 0 Å². The molecule has 5 nitrogen and oxygen atoms in total. The third kappa shape index (κ3) is 2.82. The first-order valence-electron chi connectivity index (χ1n) is 5.60. The van der Waals surface area contributed by atoms with E-state index in [9.17, 15) is 4.79 Å². The average molecular weight is 242 g/mol. The van der Waals surface area contributed by atoms with E-state index in [0.29, 0.717) is 11.4 Å². The predicted molar refractivity (Wildman–Crippen MR) is 68.8 cm³/mol. The zero-order chi connectivity index (χ0) is 13.0. The van der Waals surface area contributed by atoms with Gasteiger partial charge in [-0.25, -0.2) is 4.98 Å². The summed E-state index contributed by atoms with van der Waals surface area (Å²) in [5.41, 5.74) is 7.19. The zero-order valence-electron chi connectivity index (χ0n) is 10.00. The van der Waals surface area contributed by atoms with Gasteiger partial charge in [-0.2, -0.15) is 0 Å². The molecule has 1 atom stereocenters. The molecule has 3 N–H and O–H groups in total. The fourth-order valence-electron chi connectivity index (χ4n) is 1.52. The first-order chi connectivity index (χ1) is 8.66. The number of hydrogen-bond acceptors (Lipinski definition) is 4. The zero-order valence-corrected chi connectivity index (χ0v) is 10.00. The number of amides is 1. The van der Waals surface area contributed by atoms with Gasteiger partial charge in [-0.1, -0.05) is 6.07 Å². The van der Waals surface area contributed by atoms with E-state index in [1.54, 1.807) is 18.3 Å². The number of pyridine rings is 2. The molecule has 0 bridgehead atoms. The van der Waals surface area contributed by atoms with Crippen LogP contribution in [0.1, 0.15) is 29.1 Å². The van der Waals surface area contributed by atoms with Crippen molar-refractivity contribution < 1.29 is 4.79 Å². The number of nitrogens with two attached hydrogens (primary N) is 1. The van der Waals surface area contributed by atoms with Gasteiger partial charge in [-0.05, 0) is 31.2 Å². The largest absolute Gasteiger partial charge is 0.397 e. The molecule has 0 aliphatic heterocycles. The molecule has 0 aromatic carbocycles. The Labute approximate surface area is 105 Å². The second-order valence-corrected chi connectivity index (χ2v) is 3.93. The number of rotatable bonds is 3. The Bertz CT molecular complexity index is 524. The number of nitrogens with zero attached hydrogens (tertiary/aromatic N) is 2. The van der Waals surface area contributed by atoms with Gasteiger partial charge in [0.2, 0.25) is 0 Å². The summed E-state index contributed by atoms with van der Waals surface area (Å²) in [5, 5.41) is 2.83. The van der Waals surface area contributed by atoms with Crippen molar-refractivity contribution in [2.45, 2.75) is 13.0 Å². The lowest BCUT2D eigenvalue weighted by molar-refractivity contribution is 0.0934. The van der Waals surface area contributed by atoms with Crippen LogP contribution in [-0.4, -0.2) is 15.9 Å². The molecule has 1 amide bonds. The molecule has 0 radical (unpaired) electrons. The van der Waals surface area contributed by atoms with Crippen molar-refractivity contribution in [3.63, 3.8) is 0 Å². The Hall–Kier alpha value is -2.43. The molecule has 0 saturated carbocycles. The molecule has 2 aromatic heterocycles. The molecule has 2 rings (SSSR count). The summed E-state index contributed by atoms with van der Waals surface area (Å²) in [6.07, 6.45) is 3.15. The summed E-state index contributed by atoms with van der Waals surface area (Å²) in [6, 6.07) is 8.65. The van der Waals surface area contributed by atoms with Crippen molar-refractivity contribution in [2.75, 3.05) is 5.73 Å². The molecule has 0 aliphatic carbocycles. The van der Waals surface area contributed by atoms with E-state index < -0.39 is 0 Å². The molecule has 2 aromatic rings. The van der Waals surface area contributed by atoms with Crippen LogP contribution in [0.15, 0.2) is 42.7 Å². The maximum Gasteiger partial charge on any atom is 0.270 e. The smallest absolute Gasteiger partial charge is 0.270 e. The van der Waals surface area contributed by atoms with Gasteiger partial charge in [-0.15, -0.1) is 0 Å². The Morgan fingerprint density at radius 3 is 2.72 bits per heavy atom. The van der Waals surface area contributed by atoms with E-state index in [0.717, 1.165) is 5.69 Å². The van der Waals surface area contributed by atoms with Crippen LogP contribution in [0.5, 0.6) is 0 Å². The van der Waals surface area contributed by atoms with Crippen molar-refractivity contribution in [3.05, 3.63) is 54.1 Å². The Kier molecular flexibility index (Phi) is 3.52. The average Bonchev–Trinajstić information content (AvgIpc) is 2.40. The quantitative estimate of drug-likeness (QED) is 0.855. The predicted octanol–water partition coefficient (Wildman–Crippen LogP) is 1.55. The van der Waals surface area contributed by atoms with Crippen molar-refractivity contribution in [2.24, 2.45) is 0 Å². The second kappa shape index (κ2) is 5.27. The molecule has 0 spiro atoms. The van der Waals surface area contributed by atoms with Crippen LogP contribution in [0.25, 0.3) is 0 Å². The van der Waals surface area contributed by atoms with Crippen LogP contribution >= 0.6 is 0 Å². The SMILES string of the molecule is CC(NC(=O)c1ccc(N)cn1)c1ccccn1. The van der Waals surface area contributed by atoms with Crippen molar-refractivity contribution in [1.82, 2.24) is 15.3 Å². The summed E-state index contributed by atoms with van der Waals surface area (Å²) in [6.45, 7) is 1.87. The van der Waals surface area contributed by atoms with Crippen LogP contribution < -0.4 is 11.1 Å². The van der Waals surface area contributed by atoms with Crippen molar-refractivity contribution in [3.8, 4) is 0 Å². The molecule has 1 unspecified atom stereocenters. The minimum absolute atomic E-state index is 0.168. The third-order valence-corrected chi connectivity index (χ3v) is 2.50. The lowest BCUT2D eigenvalue weighted by Gasteiger charge is -2.12. The molecule has 2 heterocycles. The number of hydrogen-bond donors (Lipinski definition) is 2. The van der Waals surface area contributed by atoms with E-state index in [1.807, 2.05) is 25.1 Å². The first-order valence-corrected chi connectivity index (χ1v) is 5.60. The maximum atomic E-state index is 11.9. The Morgan fingerprint density at radius 1 is 1.28 bits per heavy atom. The van der Waals surface area contributed by atoms with Crippen LogP contribution in [0.2, 0.25) is 0 Å². The molecular formula is C13H14N4O. The van der Waals surface area contributed by atoms with Crippen molar-refractivity contribution in [1.29, 1.82) is 0 Å². The summed E-state index contributed by atoms with van der Waals surface area (Å²) in [5.74, 6) is -0.242.